The topological polar surface area (TPSA) is 104 Å². The molecule has 4 N–H and O–H groups in total. The van der Waals surface area contributed by atoms with Gasteiger partial charge in [-0.05, 0) is 89.7 Å². The summed E-state index contributed by atoms with van der Waals surface area (Å²) >= 11 is 0. The Labute approximate surface area is 273 Å². The van der Waals surface area contributed by atoms with Crippen LogP contribution in [0, 0.1) is 12.0 Å². The lowest BCUT2D eigenvalue weighted by molar-refractivity contribution is -0.143. The SMILES string of the molecule is C/C=C(\C=C/N)COC/N=C(C)/C=C\C=C/C(C)=NC.CC#CNCC(C)N(CC)C(=O)Nc1cc(C(F)(F)F)cc(C(F)(F)F)c1. The molecule has 2 amide bonds. The van der Waals surface area contributed by atoms with Gasteiger partial charge in [-0.1, -0.05) is 24.1 Å². The Morgan fingerprint density at radius 1 is 1.04 bits per heavy atom. The van der Waals surface area contributed by atoms with E-state index in [-0.39, 0.29) is 19.2 Å². The van der Waals surface area contributed by atoms with Gasteiger partial charge in [0.1, 0.15) is 6.73 Å². The zero-order valence-electron chi connectivity index (χ0n) is 27.7. The number of halogens is 6. The second kappa shape index (κ2) is 22.1. The van der Waals surface area contributed by atoms with Gasteiger partial charge < -0.3 is 26.0 Å². The Kier molecular flexibility index (Phi) is 20.0. The van der Waals surface area contributed by atoms with Crippen LogP contribution < -0.4 is 16.4 Å². The average molecular weight is 671 g/mol. The van der Waals surface area contributed by atoms with Crippen LogP contribution in [-0.4, -0.2) is 61.9 Å². The minimum Gasteiger partial charge on any atom is -0.405 e. The summed E-state index contributed by atoms with van der Waals surface area (Å²) in [7, 11) is 1.77. The van der Waals surface area contributed by atoms with Crippen LogP contribution in [0.5, 0.6) is 0 Å². The maximum absolute atomic E-state index is 12.9. The first-order valence-electron chi connectivity index (χ1n) is 14.5. The van der Waals surface area contributed by atoms with E-state index in [0.29, 0.717) is 25.5 Å². The van der Waals surface area contributed by atoms with E-state index in [0.717, 1.165) is 17.0 Å². The van der Waals surface area contributed by atoms with Crippen molar-refractivity contribution in [1.29, 1.82) is 0 Å². The van der Waals surface area contributed by atoms with E-state index in [1.807, 2.05) is 57.2 Å². The minimum atomic E-state index is -4.98. The highest BCUT2D eigenvalue weighted by Crippen LogP contribution is 2.37. The zero-order chi connectivity index (χ0) is 36.0. The summed E-state index contributed by atoms with van der Waals surface area (Å²) in [6.07, 6.45) is 3.05. The van der Waals surface area contributed by atoms with Crippen LogP contribution in [0.15, 0.2) is 76.4 Å². The van der Waals surface area contributed by atoms with Crippen molar-refractivity contribution in [3.8, 4) is 12.0 Å². The molecular formula is C33H44F6N6O2. The van der Waals surface area contributed by atoms with Crippen LogP contribution in [0.1, 0.15) is 52.7 Å². The van der Waals surface area contributed by atoms with Gasteiger partial charge in [-0.15, -0.1) is 0 Å². The van der Waals surface area contributed by atoms with Gasteiger partial charge in [-0.3, -0.25) is 9.98 Å². The average Bonchev–Trinajstić information content (AvgIpc) is 3.00. The third-order valence-corrected chi connectivity index (χ3v) is 6.08. The number of benzene rings is 1. The van der Waals surface area contributed by atoms with Crippen molar-refractivity contribution in [2.45, 2.75) is 59.9 Å². The standard InChI is InChI=1S/C17H19F6N3O.C16H25N3O/c1-4-6-24-10-11(3)26(5-2)15(27)25-14-8-12(16(18,19)20)7-13(9-14)17(21,22)23;1-5-16(10-11-17)12-20-13-19-15(3)9-7-6-8-14(2)18-4/h7-9,11,24H,5,10H2,1-3H3,(H,25,27);5-11H,12-13,17H2,1-4H3/b;8-6-,9-7-,11-10-,16-5+,18-14?,19-15+. The molecule has 260 valence electrons. The van der Waals surface area contributed by atoms with Crippen molar-refractivity contribution in [2.24, 2.45) is 15.7 Å². The van der Waals surface area contributed by atoms with Crippen molar-refractivity contribution < 1.29 is 35.9 Å². The van der Waals surface area contributed by atoms with Gasteiger partial charge in [0.25, 0.3) is 0 Å². The number of hydrogen-bond acceptors (Lipinski definition) is 6. The summed E-state index contributed by atoms with van der Waals surface area (Å²) in [5.41, 5.74) is 4.68. The second-order valence-corrected chi connectivity index (χ2v) is 9.70. The first kappa shape index (κ1) is 42.5. The predicted molar refractivity (Wildman–Crippen MR) is 177 cm³/mol. The number of carbonyl (C=O) groups excluding carboxylic acids is 1. The Bertz CT molecular complexity index is 1330. The monoisotopic (exact) mass is 670 g/mol. The van der Waals surface area contributed by atoms with Crippen molar-refractivity contribution in [3.05, 3.63) is 77.6 Å². The van der Waals surface area contributed by atoms with Crippen LogP contribution >= 0.6 is 0 Å². The lowest BCUT2D eigenvalue weighted by atomic mass is 10.1. The van der Waals surface area contributed by atoms with Crippen molar-refractivity contribution in [3.63, 3.8) is 0 Å². The lowest BCUT2D eigenvalue weighted by Gasteiger charge is -2.28. The number of nitrogens with one attached hydrogen (secondary N) is 2. The van der Waals surface area contributed by atoms with Gasteiger partial charge >= 0.3 is 18.4 Å². The number of carbonyl (C=O) groups is 1. The molecule has 8 nitrogen and oxygen atoms in total. The highest BCUT2D eigenvalue weighted by molar-refractivity contribution is 5.94. The molecule has 1 rings (SSSR count). The summed E-state index contributed by atoms with van der Waals surface area (Å²) in [5.74, 6) is 2.60. The number of nitrogens with two attached hydrogens (primary N) is 1. The summed E-state index contributed by atoms with van der Waals surface area (Å²) in [6.45, 7) is 12.1. The molecule has 0 saturated carbocycles. The number of ether oxygens (including phenoxy) is 1. The van der Waals surface area contributed by atoms with Crippen LogP contribution in [0.2, 0.25) is 0 Å². The Balaban J connectivity index is 0.000000945. The lowest BCUT2D eigenvalue weighted by Crippen LogP contribution is -2.45. The molecule has 14 heteroatoms. The molecule has 0 aliphatic heterocycles. The van der Waals surface area contributed by atoms with Gasteiger partial charge in [0.15, 0.2) is 0 Å². The number of alkyl halides is 6. The van der Waals surface area contributed by atoms with Crippen LogP contribution in [-0.2, 0) is 17.1 Å². The molecule has 0 aliphatic rings. The number of nitrogens with zero attached hydrogens (tertiary/aromatic N) is 3. The fourth-order valence-electron chi connectivity index (χ4n) is 3.45. The maximum atomic E-state index is 12.9. The first-order valence-corrected chi connectivity index (χ1v) is 14.5. The van der Waals surface area contributed by atoms with Gasteiger partial charge in [-0.2, -0.15) is 26.3 Å². The number of amides is 2. The van der Waals surface area contributed by atoms with E-state index < -0.39 is 41.2 Å². The Morgan fingerprint density at radius 3 is 2.09 bits per heavy atom. The fourth-order valence-corrected chi connectivity index (χ4v) is 3.45. The molecule has 0 bridgehead atoms. The zero-order valence-corrected chi connectivity index (χ0v) is 27.7. The van der Waals surface area contributed by atoms with Crippen LogP contribution in [0.4, 0.5) is 36.8 Å². The predicted octanol–water partition coefficient (Wildman–Crippen LogP) is 7.58. The molecule has 0 aromatic heterocycles. The molecule has 0 spiro atoms. The second-order valence-electron chi connectivity index (χ2n) is 9.70. The van der Waals surface area contributed by atoms with E-state index >= 15 is 0 Å². The van der Waals surface area contributed by atoms with Gasteiger partial charge in [0.2, 0.25) is 0 Å². The van der Waals surface area contributed by atoms with Crippen molar-refractivity contribution >= 4 is 23.1 Å². The molecule has 1 unspecified atom stereocenters. The molecule has 0 fully saturated rings. The summed E-state index contributed by atoms with van der Waals surface area (Å²) in [5, 5.41) is 4.86. The molecule has 1 aromatic carbocycles. The number of rotatable bonds is 13. The highest BCUT2D eigenvalue weighted by Gasteiger charge is 2.37. The molecular weight excluding hydrogens is 626 g/mol. The molecule has 0 heterocycles. The van der Waals surface area contributed by atoms with Crippen molar-refractivity contribution in [1.82, 2.24) is 10.2 Å². The highest BCUT2D eigenvalue weighted by atomic mass is 19.4. The maximum Gasteiger partial charge on any atom is 0.416 e. The van der Waals surface area contributed by atoms with E-state index in [1.165, 1.54) is 11.1 Å². The number of hydrogen-bond donors (Lipinski definition) is 3. The Hall–Kier alpha value is -4.51. The van der Waals surface area contributed by atoms with Crippen LogP contribution in [0.3, 0.4) is 0 Å². The molecule has 0 radical (unpaired) electrons. The number of likely N-dealkylation sites (N-methyl/N-ethyl adjacent to an activating group) is 1. The quantitative estimate of drug-likeness (QED) is 0.0503. The summed E-state index contributed by atoms with van der Waals surface area (Å²) in [6, 6.07) is 2.30. The first-order chi connectivity index (χ1) is 22.0. The molecule has 1 atom stereocenters. The number of anilines is 1. The van der Waals surface area contributed by atoms with E-state index in [9.17, 15) is 31.1 Å². The van der Waals surface area contributed by atoms with E-state index in [2.05, 4.69) is 32.6 Å². The number of aliphatic imine (C=N–C) groups is 2. The fraction of sp³-hybridized carbons (Fsp3) is 0.424. The number of urea groups is 1. The van der Waals surface area contributed by atoms with E-state index in [4.69, 9.17) is 10.5 Å². The van der Waals surface area contributed by atoms with Crippen LogP contribution in [0.25, 0.3) is 0 Å². The van der Waals surface area contributed by atoms with Gasteiger partial charge in [-0.25, -0.2) is 4.79 Å². The van der Waals surface area contributed by atoms with Crippen molar-refractivity contribution in [2.75, 3.05) is 38.8 Å². The Morgan fingerprint density at radius 2 is 1.62 bits per heavy atom. The molecule has 47 heavy (non-hydrogen) atoms. The van der Waals surface area contributed by atoms with E-state index in [1.54, 1.807) is 27.8 Å². The normalized spacial score (nSPS) is 13.7. The number of allylic oxidation sites excluding steroid dienone is 5. The third-order valence-electron chi connectivity index (χ3n) is 6.08. The third kappa shape index (κ3) is 18.3. The summed E-state index contributed by atoms with van der Waals surface area (Å²) in [4.78, 5) is 21.9. The molecule has 0 saturated heterocycles. The smallest absolute Gasteiger partial charge is 0.405 e. The largest absolute Gasteiger partial charge is 0.416 e. The van der Waals surface area contributed by atoms with Gasteiger partial charge in [0, 0.05) is 49.3 Å². The molecule has 0 aliphatic carbocycles. The molecule has 1 aromatic rings. The van der Waals surface area contributed by atoms with Gasteiger partial charge in [0.05, 0.1) is 17.7 Å². The summed E-state index contributed by atoms with van der Waals surface area (Å²) < 4.78 is 82.8. The minimum absolute atomic E-state index is 0.00318.